The van der Waals surface area contributed by atoms with Crippen molar-refractivity contribution in [2.45, 2.75) is 13.0 Å². The molecule has 0 aliphatic heterocycles. The van der Waals surface area contributed by atoms with Crippen molar-refractivity contribution >= 4 is 40.5 Å². The number of hydrogen-bond acceptors (Lipinski definition) is 2. The normalized spacial score (nSPS) is 11.8. The van der Waals surface area contributed by atoms with E-state index in [0.29, 0.717) is 0 Å². The summed E-state index contributed by atoms with van der Waals surface area (Å²) in [6, 6.07) is 5.97. The molecule has 0 aliphatic carbocycles. The fourth-order valence-corrected chi connectivity index (χ4v) is 3.57. The van der Waals surface area contributed by atoms with E-state index in [1.54, 1.807) is 18.4 Å². The number of hydrogen-bond donors (Lipinski definition) is 1. The lowest BCUT2D eigenvalue weighted by Crippen LogP contribution is -2.39. The molecule has 2 heterocycles. The van der Waals surface area contributed by atoms with E-state index in [1.807, 2.05) is 37.0 Å². The Kier molecular flexibility index (Phi) is 6.17. The van der Waals surface area contributed by atoms with Crippen LogP contribution in [-0.2, 0) is 20.0 Å². The van der Waals surface area contributed by atoms with Crippen LogP contribution in [0.5, 0.6) is 0 Å². The van der Waals surface area contributed by atoms with Crippen LogP contribution in [0, 0.1) is 0 Å². The third-order valence-corrected chi connectivity index (χ3v) is 4.83. The summed E-state index contributed by atoms with van der Waals surface area (Å²) in [4.78, 5) is 7.67. The number of aliphatic imine (C=N–C) groups is 1. The molecule has 0 unspecified atom stereocenters. The van der Waals surface area contributed by atoms with Gasteiger partial charge in [-0.05, 0) is 24.6 Å². The van der Waals surface area contributed by atoms with Crippen LogP contribution in [-0.4, -0.2) is 36.1 Å². The molecule has 120 valence electrons. The zero-order chi connectivity index (χ0) is 16.1. The number of aryl methyl sites for hydroxylation is 1. The minimum absolute atomic E-state index is 0.744. The highest BCUT2D eigenvalue weighted by Crippen LogP contribution is 2.21. The molecule has 2 rings (SSSR count). The van der Waals surface area contributed by atoms with Gasteiger partial charge in [0.05, 0.1) is 15.9 Å². The van der Waals surface area contributed by atoms with Crippen molar-refractivity contribution in [2.75, 3.05) is 20.6 Å². The van der Waals surface area contributed by atoms with Gasteiger partial charge >= 0.3 is 0 Å². The minimum Gasteiger partial charge on any atom is -0.356 e. The molecule has 22 heavy (non-hydrogen) atoms. The van der Waals surface area contributed by atoms with Crippen molar-refractivity contribution < 1.29 is 0 Å². The molecule has 0 aromatic carbocycles. The molecule has 2 aromatic rings. The molecular weight excluding hydrogens is 339 g/mol. The van der Waals surface area contributed by atoms with E-state index < -0.39 is 0 Å². The summed E-state index contributed by atoms with van der Waals surface area (Å²) in [5, 5.41) is 4.12. The lowest BCUT2D eigenvalue weighted by Gasteiger charge is -2.22. The van der Waals surface area contributed by atoms with Gasteiger partial charge in [-0.3, -0.25) is 4.99 Å². The summed E-state index contributed by atoms with van der Waals surface area (Å²) >= 11 is 13.6. The highest BCUT2D eigenvalue weighted by molar-refractivity contribution is 7.16. The fourth-order valence-electron chi connectivity index (χ4n) is 2.21. The van der Waals surface area contributed by atoms with Crippen molar-refractivity contribution in [1.29, 1.82) is 0 Å². The summed E-state index contributed by atoms with van der Waals surface area (Å²) in [6.07, 6.45) is 2.84. The molecule has 0 aliphatic rings. The van der Waals surface area contributed by atoms with Crippen LogP contribution in [0.4, 0.5) is 0 Å². The molecule has 0 atom stereocenters. The number of nitrogens with one attached hydrogen (secondary N) is 1. The molecule has 4 nitrogen and oxygen atoms in total. The predicted octanol–water partition coefficient (Wildman–Crippen LogP) is 3.64. The van der Waals surface area contributed by atoms with Crippen LogP contribution in [0.2, 0.25) is 9.36 Å². The number of thiophene rings is 1. The molecule has 0 spiro atoms. The topological polar surface area (TPSA) is 32.6 Å². The first kappa shape index (κ1) is 17.2. The Balaban J connectivity index is 1.86. The van der Waals surface area contributed by atoms with Gasteiger partial charge in [-0.25, -0.2) is 0 Å². The smallest absolute Gasteiger partial charge is 0.193 e. The first-order valence-electron chi connectivity index (χ1n) is 6.96. The van der Waals surface area contributed by atoms with Gasteiger partial charge in [-0.2, -0.15) is 0 Å². The molecule has 0 saturated carbocycles. The van der Waals surface area contributed by atoms with Gasteiger partial charge in [0.1, 0.15) is 0 Å². The number of rotatable bonds is 5. The van der Waals surface area contributed by atoms with Crippen molar-refractivity contribution in [3.05, 3.63) is 44.3 Å². The van der Waals surface area contributed by atoms with Crippen LogP contribution < -0.4 is 5.32 Å². The Bertz CT molecular complexity index is 648. The van der Waals surface area contributed by atoms with Crippen LogP contribution in [0.15, 0.2) is 29.4 Å². The van der Waals surface area contributed by atoms with E-state index in [0.717, 1.165) is 40.5 Å². The molecule has 0 saturated heterocycles. The van der Waals surface area contributed by atoms with Gasteiger partial charge in [0.2, 0.25) is 0 Å². The molecule has 7 heteroatoms. The zero-order valence-corrected chi connectivity index (χ0v) is 15.3. The molecule has 2 aromatic heterocycles. The maximum absolute atomic E-state index is 6.02. The summed E-state index contributed by atoms with van der Waals surface area (Å²) in [5.74, 6) is 0.861. The SMILES string of the molecule is CN=C(NCCc1ccc(Cl)s1)N(C)Cc1cc(Cl)cn1C. The number of guanidine groups is 1. The van der Waals surface area contributed by atoms with E-state index >= 15 is 0 Å². The number of nitrogens with zero attached hydrogens (tertiary/aromatic N) is 3. The number of halogens is 2. The largest absolute Gasteiger partial charge is 0.356 e. The summed E-state index contributed by atoms with van der Waals surface area (Å²) < 4.78 is 2.86. The van der Waals surface area contributed by atoms with E-state index in [-0.39, 0.29) is 0 Å². The van der Waals surface area contributed by atoms with Gasteiger partial charge < -0.3 is 14.8 Å². The highest BCUT2D eigenvalue weighted by atomic mass is 35.5. The Morgan fingerprint density at radius 2 is 2.18 bits per heavy atom. The Labute approximate surface area is 145 Å². The molecular formula is C15H20Cl2N4S. The van der Waals surface area contributed by atoms with E-state index in [1.165, 1.54) is 4.88 Å². The van der Waals surface area contributed by atoms with Crippen molar-refractivity contribution in [3.8, 4) is 0 Å². The molecule has 1 N–H and O–H groups in total. The second-order valence-corrected chi connectivity index (χ2v) is 7.28. The Hall–Kier alpha value is -1.17. The lowest BCUT2D eigenvalue weighted by atomic mass is 10.3. The third-order valence-electron chi connectivity index (χ3n) is 3.33. The lowest BCUT2D eigenvalue weighted by molar-refractivity contribution is 0.462. The van der Waals surface area contributed by atoms with Crippen LogP contribution in [0.1, 0.15) is 10.6 Å². The van der Waals surface area contributed by atoms with Gasteiger partial charge in [0.15, 0.2) is 5.96 Å². The van der Waals surface area contributed by atoms with E-state index in [4.69, 9.17) is 23.2 Å². The first-order chi connectivity index (χ1) is 10.5. The fraction of sp³-hybridized carbons (Fsp3) is 0.400. The highest BCUT2D eigenvalue weighted by Gasteiger charge is 2.09. The number of aromatic nitrogens is 1. The van der Waals surface area contributed by atoms with Crippen LogP contribution >= 0.6 is 34.5 Å². The maximum atomic E-state index is 6.02. The van der Waals surface area contributed by atoms with Gasteiger partial charge in [-0.15, -0.1) is 11.3 Å². The standard InChI is InChI=1S/C15H20Cl2N4S/c1-18-15(19-7-6-13-4-5-14(17)22-13)21(3)10-12-8-11(16)9-20(12)2/h4-5,8-9H,6-7,10H2,1-3H3,(H,18,19). The molecule has 0 fully saturated rings. The van der Waals surface area contributed by atoms with Crippen molar-refractivity contribution in [2.24, 2.45) is 12.0 Å². The van der Waals surface area contributed by atoms with Gasteiger partial charge in [0, 0.05) is 44.5 Å². The third kappa shape index (κ3) is 4.66. The second kappa shape index (κ2) is 7.90. The Morgan fingerprint density at radius 1 is 1.41 bits per heavy atom. The minimum atomic E-state index is 0.744. The van der Waals surface area contributed by atoms with Crippen molar-refractivity contribution in [1.82, 2.24) is 14.8 Å². The maximum Gasteiger partial charge on any atom is 0.193 e. The summed E-state index contributed by atoms with van der Waals surface area (Å²) in [5.41, 5.74) is 1.14. The quantitative estimate of drug-likeness (QED) is 0.653. The average molecular weight is 359 g/mol. The Morgan fingerprint density at radius 3 is 2.73 bits per heavy atom. The monoisotopic (exact) mass is 358 g/mol. The van der Waals surface area contributed by atoms with Gasteiger partial charge in [0.25, 0.3) is 0 Å². The predicted molar refractivity (Wildman–Crippen MR) is 96.3 cm³/mol. The van der Waals surface area contributed by atoms with Crippen molar-refractivity contribution in [3.63, 3.8) is 0 Å². The van der Waals surface area contributed by atoms with Crippen LogP contribution in [0.25, 0.3) is 0 Å². The van der Waals surface area contributed by atoms with E-state index in [2.05, 4.69) is 21.3 Å². The first-order valence-corrected chi connectivity index (χ1v) is 8.53. The molecule has 0 amide bonds. The van der Waals surface area contributed by atoms with Crippen LogP contribution in [0.3, 0.4) is 0 Å². The molecule has 0 bridgehead atoms. The molecule has 0 radical (unpaired) electrons. The summed E-state index contributed by atoms with van der Waals surface area (Å²) in [6.45, 7) is 1.56. The average Bonchev–Trinajstić information content (AvgIpc) is 3.01. The van der Waals surface area contributed by atoms with E-state index in [9.17, 15) is 0 Å². The zero-order valence-electron chi connectivity index (χ0n) is 12.9. The summed E-state index contributed by atoms with van der Waals surface area (Å²) in [7, 11) is 5.79. The van der Waals surface area contributed by atoms with Gasteiger partial charge in [-0.1, -0.05) is 23.2 Å². The second-order valence-electron chi connectivity index (χ2n) is 5.05.